The topological polar surface area (TPSA) is 97.1 Å². The van der Waals surface area contributed by atoms with Crippen LogP contribution in [0.2, 0.25) is 0 Å². The van der Waals surface area contributed by atoms with E-state index in [1.54, 1.807) is 4.68 Å². The van der Waals surface area contributed by atoms with Gasteiger partial charge >= 0.3 is 5.97 Å². The number of carbonyl (C=O) groups excluding carboxylic acids is 1. The molecule has 3 rings (SSSR count). The molecule has 7 nitrogen and oxygen atoms in total. The molecule has 1 aliphatic rings. The van der Waals surface area contributed by atoms with Crippen LogP contribution in [-0.4, -0.2) is 31.7 Å². The third-order valence-electron chi connectivity index (χ3n) is 3.83. The summed E-state index contributed by atoms with van der Waals surface area (Å²) in [7, 11) is 0. The Bertz CT molecular complexity index is 806. The lowest BCUT2D eigenvalue weighted by Gasteiger charge is -2.20. The van der Waals surface area contributed by atoms with E-state index < -0.39 is 5.97 Å². The second kappa shape index (κ2) is 5.45. The van der Waals surface area contributed by atoms with Crippen molar-refractivity contribution < 1.29 is 14.7 Å². The monoisotopic (exact) mass is 334 g/mol. The number of carbonyl (C=O) groups is 2. The Kier molecular flexibility index (Phi) is 3.71. The van der Waals surface area contributed by atoms with E-state index in [1.165, 1.54) is 18.3 Å². The Labute approximate surface area is 137 Å². The zero-order valence-electron chi connectivity index (χ0n) is 13.4. The van der Waals surface area contributed by atoms with Crippen molar-refractivity contribution in [3.63, 3.8) is 0 Å². The van der Waals surface area contributed by atoms with Gasteiger partial charge in [-0.1, -0.05) is 18.3 Å². The Hall–Kier alpha value is -2.22. The van der Waals surface area contributed by atoms with Crippen LogP contribution >= 0.6 is 11.3 Å². The van der Waals surface area contributed by atoms with E-state index in [0.29, 0.717) is 11.6 Å². The number of carboxylic acid groups (broad SMARTS) is 1. The van der Waals surface area contributed by atoms with Crippen LogP contribution in [0, 0.1) is 0 Å². The van der Waals surface area contributed by atoms with Crippen LogP contribution in [0.3, 0.4) is 0 Å². The molecule has 0 bridgehead atoms. The molecule has 0 fully saturated rings. The van der Waals surface area contributed by atoms with E-state index in [9.17, 15) is 14.7 Å². The average molecular weight is 334 g/mol. The summed E-state index contributed by atoms with van der Waals surface area (Å²) >= 11 is 1.37. The standard InChI is InChI=1S/C15H18N4O3S/c1-6(2)19-12-10(11(18-19)14(21)22)7(3)5-9-13(12)23-15(17-9)16-8(4)20/h6-7H,5H2,1-4H3,(H,21,22)(H,16,17,20). The highest BCUT2D eigenvalue weighted by atomic mass is 32.1. The van der Waals surface area contributed by atoms with Gasteiger partial charge in [-0.2, -0.15) is 5.10 Å². The minimum absolute atomic E-state index is 0.0170. The van der Waals surface area contributed by atoms with Crippen molar-refractivity contribution in [2.24, 2.45) is 0 Å². The summed E-state index contributed by atoms with van der Waals surface area (Å²) < 4.78 is 1.75. The van der Waals surface area contributed by atoms with E-state index in [-0.39, 0.29) is 23.6 Å². The molecule has 0 saturated carbocycles. The van der Waals surface area contributed by atoms with Crippen LogP contribution in [0.25, 0.3) is 10.6 Å². The zero-order valence-corrected chi connectivity index (χ0v) is 14.2. The van der Waals surface area contributed by atoms with Gasteiger partial charge < -0.3 is 10.4 Å². The highest BCUT2D eigenvalue weighted by Crippen LogP contribution is 2.46. The van der Waals surface area contributed by atoms with Crippen LogP contribution in [0.5, 0.6) is 0 Å². The molecule has 0 aromatic carbocycles. The van der Waals surface area contributed by atoms with Gasteiger partial charge in [0, 0.05) is 18.5 Å². The molecule has 0 radical (unpaired) electrons. The number of hydrogen-bond acceptors (Lipinski definition) is 5. The first-order chi connectivity index (χ1) is 10.8. The first-order valence-electron chi connectivity index (χ1n) is 7.43. The summed E-state index contributed by atoms with van der Waals surface area (Å²) in [4.78, 5) is 28.2. The number of rotatable bonds is 3. The molecule has 122 valence electrons. The minimum atomic E-state index is -1.01. The number of nitrogens with zero attached hydrogens (tertiary/aromatic N) is 3. The van der Waals surface area contributed by atoms with Crippen LogP contribution in [0.4, 0.5) is 5.13 Å². The fourth-order valence-electron chi connectivity index (χ4n) is 2.94. The van der Waals surface area contributed by atoms with Gasteiger partial charge in [0.05, 0.1) is 16.3 Å². The molecule has 0 saturated heterocycles. The summed E-state index contributed by atoms with van der Waals surface area (Å²) in [6, 6.07) is 0.0290. The van der Waals surface area contributed by atoms with Crippen molar-refractivity contribution >= 4 is 28.3 Å². The number of aromatic nitrogens is 3. The average Bonchev–Trinajstić information content (AvgIpc) is 2.98. The molecule has 2 aromatic rings. The van der Waals surface area contributed by atoms with E-state index in [2.05, 4.69) is 15.4 Å². The number of carboxylic acids is 1. The quantitative estimate of drug-likeness (QED) is 0.899. The van der Waals surface area contributed by atoms with Gasteiger partial charge in [0.25, 0.3) is 0 Å². The summed E-state index contributed by atoms with van der Waals surface area (Å²) in [5.74, 6) is -1.17. The molecular weight excluding hydrogens is 316 g/mol. The van der Waals surface area contributed by atoms with Gasteiger partial charge in [-0.25, -0.2) is 9.78 Å². The zero-order chi connectivity index (χ0) is 16.9. The number of fused-ring (bicyclic) bond motifs is 3. The van der Waals surface area contributed by atoms with Crippen molar-refractivity contribution in [1.82, 2.24) is 14.8 Å². The highest BCUT2D eigenvalue weighted by Gasteiger charge is 2.35. The molecule has 1 unspecified atom stereocenters. The van der Waals surface area contributed by atoms with E-state index in [0.717, 1.165) is 21.8 Å². The Morgan fingerprint density at radius 1 is 1.43 bits per heavy atom. The summed E-state index contributed by atoms with van der Waals surface area (Å²) in [5.41, 5.74) is 2.58. The largest absolute Gasteiger partial charge is 0.476 e. The SMILES string of the molecule is CC(=O)Nc1nc2c(s1)-c1c(c(C(=O)O)nn1C(C)C)C(C)C2. The van der Waals surface area contributed by atoms with Crippen molar-refractivity contribution in [2.45, 2.75) is 46.1 Å². The molecule has 1 atom stereocenters. The Balaban J connectivity index is 2.23. The number of aromatic carboxylic acids is 1. The molecule has 8 heteroatoms. The third-order valence-corrected chi connectivity index (χ3v) is 4.85. The fourth-order valence-corrected chi connectivity index (χ4v) is 4.03. The normalized spacial score (nSPS) is 16.1. The molecule has 23 heavy (non-hydrogen) atoms. The first-order valence-corrected chi connectivity index (χ1v) is 8.24. The minimum Gasteiger partial charge on any atom is -0.476 e. The molecule has 2 N–H and O–H groups in total. The van der Waals surface area contributed by atoms with Crippen LogP contribution in [0.15, 0.2) is 0 Å². The van der Waals surface area contributed by atoms with Crippen molar-refractivity contribution in [3.05, 3.63) is 17.0 Å². The molecule has 1 aliphatic carbocycles. The predicted molar refractivity (Wildman–Crippen MR) is 87.1 cm³/mol. The second-order valence-electron chi connectivity index (χ2n) is 6.04. The summed E-state index contributed by atoms with van der Waals surface area (Å²) in [5, 5.41) is 17.0. The number of anilines is 1. The second-order valence-corrected chi connectivity index (χ2v) is 7.03. The number of amides is 1. The molecule has 1 amide bonds. The number of thiazole rings is 1. The van der Waals surface area contributed by atoms with Crippen molar-refractivity contribution in [3.8, 4) is 10.6 Å². The number of hydrogen-bond donors (Lipinski definition) is 2. The lowest BCUT2D eigenvalue weighted by atomic mass is 9.88. The number of nitrogens with one attached hydrogen (secondary N) is 1. The maximum Gasteiger partial charge on any atom is 0.356 e. The first kappa shape index (κ1) is 15.7. The van der Waals surface area contributed by atoms with Gasteiger partial charge in [0.1, 0.15) is 0 Å². The van der Waals surface area contributed by atoms with E-state index in [4.69, 9.17) is 0 Å². The van der Waals surface area contributed by atoms with E-state index in [1.807, 2.05) is 20.8 Å². The summed E-state index contributed by atoms with van der Waals surface area (Å²) in [6.45, 7) is 7.36. The highest BCUT2D eigenvalue weighted by molar-refractivity contribution is 7.19. The van der Waals surface area contributed by atoms with Crippen molar-refractivity contribution in [1.29, 1.82) is 0 Å². The maximum absolute atomic E-state index is 11.6. The predicted octanol–water partition coefficient (Wildman–Crippen LogP) is 2.90. The molecule has 0 spiro atoms. The molecule has 2 heterocycles. The van der Waals surface area contributed by atoms with Crippen LogP contribution in [-0.2, 0) is 11.2 Å². The van der Waals surface area contributed by atoms with Gasteiger partial charge in [-0.05, 0) is 26.2 Å². The summed E-state index contributed by atoms with van der Waals surface area (Å²) in [6.07, 6.45) is 0.641. The molecule has 2 aromatic heterocycles. The fraction of sp³-hybridized carbons (Fsp3) is 0.467. The lowest BCUT2D eigenvalue weighted by molar-refractivity contribution is -0.114. The van der Waals surface area contributed by atoms with Crippen molar-refractivity contribution in [2.75, 3.05) is 5.32 Å². The van der Waals surface area contributed by atoms with Gasteiger partial charge in [0.15, 0.2) is 10.8 Å². The Morgan fingerprint density at radius 2 is 2.13 bits per heavy atom. The van der Waals surface area contributed by atoms with Gasteiger partial charge in [0.2, 0.25) is 5.91 Å². The van der Waals surface area contributed by atoms with Crippen LogP contribution < -0.4 is 5.32 Å². The lowest BCUT2D eigenvalue weighted by Crippen LogP contribution is -2.12. The Morgan fingerprint density at radius 3 is 2.70 bits per heavy atom. The maximum atomic E-state index is 11.6. The van der Waals surface area contributed by atoms with E-state index >= 15 is 0 Å². The van der Waals surface area contributed by atoms with Gasteiger partial charge in [-0.3, -0.25) is 9.48 Å². The van der Waals surface area contributed by atoms with Gasteiger partial charge in [-0.15, -0.1) is 0 Å². The molecule has 0 aliphatic heterocycles. The smallest absolute Gasteiger partial charge is 0.356 e. The van der Waals surface area contributed by atoms with Crippen LogP contribution in [0.1, 0.15) is 61.4 Å². The molecular formula is C15H18N4O3S. The third kappa shape index (κ3) is 2.52.